The van der Waals surface area contributed by atoms with Crippen molar-refractivity contribution in [2.75, 3.05) is 26.0 Å². The summed E-state index contributed by atoms with van der Waals surface area (Å²) in [4.78, 5) is 15.6. The van der Waals surface area contributed by atoms with E-state index in [4.69, 9.17) is 4.74 Å². The zero-order valence-electron chi connectivity index (χ0n) is 11.7. The Morgan fingerprint density at radius 3 is 2.81 bits per heavy atom. The van der Waals surface area contributed by atoms with Crippen molar-refractivity contribution in [2.24, 2.45) is 4.99 Å². The molecule has 1 aliphatic rings. The predicted molar refractivity (Wildman–Crippen MR) is 85.3 cm³/mol. The number of hydrogen-bond acceptors (Lipinski definition) is 5. The van der Waals surface area contributed by atoms with E-state index in [1.165, 1.54) is 7.11 Å². The zero-order valence-corrected chi connectivity index (χ0v) is 12.5. The van der Waals surface area contributed by atoms with Gasteiger partial charge in [-0.1, -0.05) is 18.2 Å². The fraction of sp³-hybridized carbons (Fsp3) is 0.250. The monoisotopic (exact) mass is 301 g/mol. The van der Waals surface area contributed by atoms with E-state index in [9.17, 15) is 4.79 Å². The van der Waals surface area contributed by atoms with Crippen LogP contribution in [0.5, 0.6) is 5.75 Å². The molecule has 21 heavy (non-hydrogen) atoms. The van der Waals surface area contributed by atoms with Gasteiger partial charge in [-0.05, 0) is 29.0 Å². The molecule has 0 spiro atoms. The number of fused-ring (bicyclic) bond motifs is 1. The second kappa shape index (κ2) is 6.18. The number of benzene rings is 2. The highest BCUT2D eigenvalue weighted by Crippen LogP contribution is 2.25. The van der Waals surface area contributed by atoms with Gasteiger partial charge in [0, 0.05) is 17.9 Å². The molecule has 0 radical (unpaired) electrons. The Bertz CT molecular complexity index is 712. The van der Waals surface area contributed by atoms with Crippen molar-refractivity contribution < 1.29 is 14.3 Å². The number of aliphatic imine (C=N–C) groups is 1. The third-order valence-corrected chi connectivity index (χ3v) is 4.25. The molecule has 0 aliphatic carbocycles. The Morgan fingerprint density at radius 1 is 1.24 bits per heavy atom. The van der Waals surface area contributed by atoms with E-state index >= 15 is 0 Å². The molecule has 3 rings (SSSR count). The van der Waals surface area contributed by atoms with E-state index in [0.717, 1.165) is 33.7 Å². The molecule has 0 fully saturated rings. The standard InChI is InChI=1S/C16H15NO3S/c1-19-15(18)10-20-14-5-4-11-8-13(3-2-12(11)9-14)16-17-6-7-21-16/h2-5,8-9H,6-7,10H2,1H3. The Labute approximate surface area is 127 Å². The van der Waals surface area contributed by atoms with Crippen molar-refractivity contribution in [3.05, 3.63) is 42.0 Å². The van der Waals surface area contributed by atoms with Gasteiger partial charge in [-0.15, -0.1) is 11.8 Å². The van der Waals surface area contributed by atoms with E-state index in [1.807, 2.05) is 18.2 Å². The second-order valence-electron chi connectivity index (χ2n) is 4.62. The van der Waals surface area contributed by atoms with E-state index < -0.39 is 0 Å². The average molecular weight is 301 g/mol. The molecule has 0 saturated heterocycles. The topological polar surface area (TPSA) is 47.9 Å². The van der Waals surface area contributed by atoms with Crippen molar-refractivity contribution in [2.45, 2.75) is 0 Å². The van der Waals surface area contributed by atoms with Crippen LogP contribution in [0, 0.1) is 0 Å². The van der Waals surface area contributed by atoms with Crippen LogP contribution in [0.15, 0.2) is 41.4 Å². The Kier molecular flexibility index (Phi) is 4.10. The summed E-state index contributed by atoms with van der Waals surface area (Å²) in [5.74, 6) is 1.34. The van der Waals surface area contributed by atoms with Crippen LogP contribution in [0.3, 0.4) is 0 Å². The first kappa shape index (κ1) is 13.9. The molecular weight excluding hydrogens is 286 g/mol. The van der Waals surface area contributed by atoms with Crippen molar-refractivity contribution in [3.63, 3.8) is 0 Å². The van der Waals surface area contributed by atoms with Gasteiger partial charge in [0.25, 0.3) is 0 Å². The second-order valence-corrected chi connectivity index (χ2v) is 5.71. The van der Waals surface area contributed by atoms with Crippen LogP contribution >= 0.6 is 11.8 Å². The average Bonchev–Trinajstić information content (AvgIpc) is 3.06. The third kappa shape index (κ3) is 3.19. The molecule has 0 N–H and O–H groups in total. The van der Waals surface area contributed by atoms with Crippen LogP contribution < -0.4 is 4.74 Å². The maximum atomic E-state index is 11.1. The molecular formula is C16H15NO3S. The lowest BCUT2D eigenvalue weighted by Crippen LogP contribution is -2.12. The fourth-order valence-electron chi connectivity index (χ4n) is 2.16. The largest absolute Gasteiger partial charge is 0.482 e. The van der Waals surface area contributed by atoms with Gasteiger partial charge in [-0.25, -0.2) is 4.79 Å². The molecule has 0 unspecified atom stereocenters. The van der Waals surface area contributed by atoms with E-state index in [1.54, 1.807) is 11.8 Å². The summed E-state index contributed by atoms with van der Waals surface area (Å²) in [6.07, 6.45) is 0. The Hall–Kier alpha value is -2.01. The molecule has 1 heterocycles. The summed E-state index contributed by atoms with van der Waals surface area (Å²) in [7, 11) is 1.34. The molecule has 0 atom stereocenters. The van der Waals surface area contributed by atoms with Gasteiger partial charge in [0.2, 0.25) is 0 Å². The smallest absolute Gasteiger partial charge is 0.343 e. The minimum Gasteiger partial charge on any atom is -0.482 e. The van der Waals surface area contributed by atoms with Crippen molar-refractivity contribution in [3.8, 4) is 5.75 Å². The zero-order chi connectivity index (χ0) is 14.7. The molecule has 1 aliphatic heterocycles. The van der Waals surface area contributed by atoms with E-state index in [0.29, 0.717) is 5.75 Å². The van der Waals surface area contributed by atoms with Crippen LogP contribution in [0.25, 0.3) is 10.8 Å². The van der Waals surface area contributed by atoms with Gasteiger partial charge < -0.3 is 9.47 Å². The first-order valence-electron chi connectivity index (χ1n) is 6.67. The number of methoxy groups -OCH3 is 1. The molecule has 0 aromatic heterocycles. The SMILES string of the molecule is COC(=O)COc1ccc2cc(C3=NCCS3)ccc2c1. The summed E-state index contributed by atoms with van der Waals surface area (Å²) in [5, 5.41) is 3.32. The number of ether oxygens (including phenoxy) is 2. The lowest BCUT2D eigenvalue weighted by molar-refractivity contribution is -0.142. The maximum Gasteiger partial charge on any atom is 0.343 e. The lowest BCUT2D eigenvalue weighted by atomic mass is 10.1. The van der Waals surface area contributed by atoms with Crippen LogP contribution in [-0.4, -0.2) is 37.0 Å². The van der Waals surface area contributed by atoms with Crippen molar-refractivity contribution in [1.29, 1.82) is 0 Å². The molecule has 5 heteroatoms. The van der Waals surface area contributed by atoms with Gasteiger partial charge >= 0.3 is 5.97 Å². The predicted octanol–water partition coefficient (Wildman–Crippen LogP) is 2.89. The number of carbonyl (C=O) groups excluding carboxylic acids is 1. The van der Waals surface area contributed by atoms with Crippen LogP contribution in [0.2, 0.25) is 0 Å². The van der Waals surface area contributed by atoms with E-state index in [2.05, 4.69) is 27.9 Å². The number of esters is 1. The number of nitrogens with zero attached hydrogens (tertiary/aromatic N) is 1. The normalized spacial score (nSPS) is 14.0. The summed E-state index contributed by atoms with van der Waals surface area (Å²) in [5.41, 5.74) is 1.16. The molecule has 0 saturated carbocycles. The van der Waals surface area contributed by atoms with Gasteiger partial charge in [-0.3, -0.25) is 4.99 Å². The van der Waals surface area contributed by atoms with Crippen LogP contribution in [0.4, 0.5) is 0 Å². The first-order valence-corrected chi connectivity index (χ1v) is 7.66. The Morgan fingerprint density at radius 2 is 2.05 bits per heavy atom. The molecule has 0 bridgehead atoms. The summed E-state index contributed by atoms with van der Waals surface area (Å²) >= 11 is 1.79. The highest BCUT2D eigenvalue weighted by molar-refractivity contribution is 8.14. The van der Waals surface area contributed by atoms with Gasteiger partial charge in [-0.2, -0.15) is 0 Å². The minimum absolute atomic E-state index is 0.0759. The van der Waals surface area contributed by atoms with Crippen molar-refractivity contribution >= 4 is 33.5 Å². The van der Waals surface area contributed by atoms with Crippen LogP contribution in [0.1, 0.15) is 5.56 Å². The summed E-state index contributed by atoms with van der Waals surface area (Å²) in [6, 6.07) is 12.0. The number of rotatable bonds is 4. The minimum atomic E-state index is -0.387. The fourth-order valence-corrected chi connectivity index (χ4v) is 3.01. The highest BCUT2D eigenvalue weighted by atomic mass is 32.2. The van der Waals surface area contributed by atoms with Crippen LogP contribution in [-0.2, 0) is 9.53 Å². The molecule has 2 aromatic rings. The number of carbonyl (C=O) groups is 1. The maximum absolute atomic E-state index is 11.1. The Balaban J connectivity index is 1.82. The van der Waals surface area contributed by atoms with Gasteiger partial charge in [0.05, 0.1) is 12.2 Å². The summed E-state index contributed by atoms with van der Waals surface area (Å²) < 4.78 is 9.95. The highest BCUT2D eigenvalue weighted by Gasteiger charge is 2.10. The molecule has 4 nitrogen and oxygen atoms in total. The van der Waals surface area contributed by atoms with Crippen molar-refractivity contribution in [1.82, 2.24) is 0 Å². The molecule has 0 amide bonds. The third-order valence-electron chi connectivity index (χ3n) is 3.23. The summed E-state index contributed by atoms with van der Waals surface area (Å²) in [6.45, 7) is 0.825. The van der Waals surface area contributed by atoms with Gasteiger partial charge in [0.1, 0.15) is 5.75 Å². The molecule has 2 aromatic carbocycles. The first-order chi connectivity index (χ1) is 10.3. The quantitative estimate of drug-likeness (QED) is 0.815. The van der Waals surface area contributed by atoms with Gasteiger partial charge in [0.15, 0.2) is 6.61 Å². The lowest BCUT2D eigenvalue weighted by Gasteiger charge is -2.07. The number of thioether (sulfide) groups is 1. The number of hydrogen-bond donors (Lipinski definition) is 0. The van der Waals surface area contributed by atoms with E-state index in [-0.39, 0.29) is 12.6 Å². The molecule has 108 valence electrons.